The number of anilines is 1. The van der Waals surface area contributed by atoms with E-state index in [-0.39, 0.29) is 5.91 Å². The van der Waals surface area contributed by atoms with E-state index >= 15 is 0 Å². The number of nitrogens with zero attached hydrogens (tertiary/aromatic N) is 1. The Balaban J connectivity index is 1.86. The second-order valence-electron chi connectivity index (χ2n) is 5.38. The summed E-state index contributed by atoms with van der Waals surface area (Å²) < 4.78 is 0. The van der Waals surface area contributed by atoms with Gasteiger partial charge < -0.3 is 10.6 Å². The fourth-order valence-corrected chi connectivity index (χ4v) is 2.11. The lowest BCUT2D eigenvalue weighted by Crippen LogP contribution is -2.29. The third-order valence-electron chi connectivity index (χ3n) is 3.58. The molecule has 1 aliphatic carbocycles. The van der Waals surface area contributed by atoms with Crippen LogP contribution in [0.4, 0.5) is 5.69 Å². The molecular weight excluding hydrogens is 238 g/mol. The summed E-state index contributed by atoms with van der Waals surface area (Å²) in [6, 6.07) is 3.70. The number of rotatable bonds is 7. The third kappa shape index (κ3) is 4.23. The van der Waals surface area contributed by atoms with Crippen LogP contribution in [0, 0.1) is 11.8 Å². The molecule has 104 valence electrons. The lowest BCUT2D eigenvalue weighted by molar-refractivity contribution is 0.0942. The SMILES string of the molecule is CCCNc1ccnc(C(=O)NCC(C)C2CC2)c1. The second-order valence-corrected chi connectivity index (χ2v) is 5.38. The molecule has 1 heterocycles. The van der Waals surface area contributed by atoms with Crippen LogP contribution < -0.4 is 10.6 Å². The summed E-state index contributed by atoms with van der Waals surface area (Å²) in [5.74, 6) is 1.31. The van der Waals surface area contributed by atoms with Crippen molar-refractivity contribution in [3.05, 3.63) is 24.0 Å². The van der Waals surface area contributed by atoms with Crippen molar-refractivity contribution in [2.24, 2.45) is 11.8 Å². The number of aromatic nitrogens is 1. The van der Waals surface area contributed by atoms with Crippen molar-refractivity contribution in [2.75, 3.05) is 18.4 Å². The predicted molar refractivity (Wildman–Crippen MR) is 77.2 cm³/mol. The van der Waals surface area contributed by atoms with Gasteiger partial charge in [0.2, 0.25) is 0 Å². The minimum absolute atomic E-state index is 0.0763. The Morgan fingerprint density at radius 1 is 1.53 bits per heavy atom. The van der Waals surface area contributed by atoms with Crippen LogP contribution in [0.1, 0.15) is 43.6 Å². The molecule has 0 spiro atoms. The molecule has 1 saturated carbocycles. The lowest BCUT2D eigenvalue weighted by Gasteiger charge is -2.11. The molecule has 0 saturated heterocycles. The average Bonchev–Trinajstić information content (AvgIpc) is 3.27. The maximum atomic E-state index is 12.0. The van der Waals surface area contributed by atoms with Crippen LogP contribution in [0.3, 0.4) is 0 Å². The summed E-state index contributed by atoms with van der Waals surface area (Å²) in [7, 11) is 0. The van der Waals surface area contributed by atoms with Gasteiger partial charge in [-0.05, 0) is 43.2 Å². The first-order chi connectivity index (χ1) is 9.20. The average molecular weight is 261 g/mol. The monoisotopic (exact) mass is 261 g/mol. The van der Waals surface area contributed by atoms with Crippen molar-refractivity contribution in [1.29, 1.82) is 0 Å². The molecule has 0 radical (unpaired) electrons. The molecule has 1 aromatic rings. The van der Waals surface area contributed by atoms with E-state index in [0.717, 1.165) is 31.1 Å². The Kier molecular flexibility index (Phi) is 4.77. The van der Waals surface area contributed by atoms with Crippen molar-refractivity contribution >= 4 is 11.6 Å². The lowest BCUT2D eigenvalue weighted by atomic mass is 10.1. The van der Waals surface area contributed by atoms with E-state index in [9.17, 15) is 4.79 Å². The van der Waals surface area contributed by atoms with Crippen LogP contribution in [0.25, 0.3) is 0 Å². The Hall–Kier alpha value is -1.58. The van der Waals surface area contributed by atoms with Gasteiger partial charge in [-0.25, -0.2) is 0 Å². The van der Waals surface area contributed by atoms with Gasteiger partial charge in [-0.2, -0.15) is 0 Å². The summed E-state index contributed by atoms with van der Waals surface area (Å²) in [6.07, 6.45) is 5.36. The highest BCUT2D eigenvalue weighted by molar-refractivity contribution is 5.93. The summed E-state index contributed by atoms with van der Waals surface area (Å²) in [6.45, 7) is 5.97. The van der Waals surface area contributed by atoms with Gasteiger partial charge in [-0.15, -0.1) is 0 Å². The van der Waals surface area contributed by atoms with Gasteiger partial charge in [0.15, 0.2) is 0 Å². The number of nitrogens with one attached hydrogen (secondary N) is 2. The number of hydrogen-bond donors (Lipinski definition) is 2. The zero-order valence-electron chi connectivity index (χ0n) is 11.8. The fourth-order valence-electron chi connectivity index (χ4n) is 2.11. The number of carbonyl (C=O) groups is 1. The van der Waals surface area contributed by atoms with E-state index in [1.807, 2.05) is 12.1 Å². The molecule has 1 fully saturated rings. The van der Waals surface area contributed by atoms with Gasteiger partial charge in [-0.3, -0.25) is 9.78 Å². The van der Waals surface area contributed by atoms with Crippen LogP contribution >= 0.6 is 0 Å². The predicted octanol–water partition coefficient (Wildman–Crippen LogP) is 2.68. The van der Waals surface area contributed by atoms with Gasteiger partial charge in [0.25, 0.3) is 5.91 Å². The van der Waals surface area contributed by atoms with Gasteiger partial charge in [0.1, 0.15) is 5.69 Å². The minimum atomic E-state index is -0.0763. The summed E-state index contributed by atoms with van der Waals surface area (Å²) >= 11 is 0. The Labute approximate surface area is 115 Å². The number of carbonyl (C=O) groups excluding carboxylic acids is 1. The van der Waals surface area contributed by atoms with Crippen molar-refractivity contribution in [1.82, 2.24) is 10.3 Å². The largest absolute Gasteiger partial charge is 0.385 e. The summed E-state index contributed by atoms with van der Waals surface area (Å²) in [5, 5.41) is 6.24. The van der Waals surface area contributed by atoms with Crippen LogP contribution in [-0.4, -0.2) is 24.0 Å². The van der Waals surface area contributed by atoms with Crippen LogP contribution in [-0.2, 0) is 0 Å². The smallest absolute Gasteiger partial charge is 0.269 e. The Bertz CT molecular complexity index is 429. The highest BCUT2D eigenvalue weighted by atomic mass is 16.1. The van der Waals surface area contributed by atoms with Crippen molar-refractivity contribution < 1.29 is 4.79 Å². The number of pyridine rings is 1. The van der Waals surface area contributed by atoms with Crippen LogP contribution in [0.5, 0.6) is 0 Å². The second kappa shape index (κ2) is 6.55. The minimum Gasteiger partial charge on any atom is -0.385 e. The molecule has 4 nitrogen and oxygen atoms in total. The van der Waals surface area contributed by atoms with E-state index in [2.05, 4.69) is 29.5 Å². The van der Waals surface area contributed by atoms with Crippen molar-refractivity contribution in [3.8, 4) is 0 Å². The topological polar surface area (TPSA) is 54.0 Å². The molecule has 19 heavy (non-hydrogen) atoms. The van der Waals surface area contributed by atoms with Crippen molar-refractivity contribution in [3.63, 3.8) is 0 Å². The highest BCUT2D eigenvalue weighted by Gasteiger charge is 2.27. The normalized spacial score (nSPS) is 15.9. The molecule has 0 bridgehead atoms. The Morgan fingerprint density at radius 2 is 2.32 bits per heavy atom. The fraction of sp³-hybridized carbons (Fsp3) is 0.600. The zero-order chi connectivity index (χ0) is 13.7. The first-order valence-corrected chi connectivity index (χ1v) is 7.18. The third-order valence-corrected chi connectivity index (χ3v) is 3.58. The number of amides is 1. The van der Waals surface area contributed by atoms with Crippen molar-refractivity contribution in [2.45, 2.75) is 33.1 Å². The molecule has 1 amide bonds. The van der Waals surface area contributed by atoms with E-state index in [4.69, 9.17) is 0 Å². The molecule has 4 heteroatoms. The van der Waals surface area contributed by atoms with E-state index in [1.165, 1.54) is 12.8 Å². The standard InChI is InChI=1S/C15H23N3O/c1-3-7-16-13-6-8-17-14(9-13)15(19)18-10-11(2)12-4-5-12/h6,8-9,11-12H,3-5,7,10H2,1-2H3,(H,16,17)(H,18,19). The molecule has 2 rings (SSSR count). The van der Waals surface area contributed by atoms with Gasteiger partial charge in [0, 0.05) is 25.0 Å². The van der Waals surface area contributed by atoms with Gasteiger partial charge in [-0.1, -0.05) is 13.8 Å². The number of hydrogen-bond acceptors (Lipinski definition) is 3. The molecule has 1 aromatic heterocycles. The molecule has 2 N–H and O–H groups in total. The molecule has 0 aromatic carbocycles. The van der Waals surface area contributed by atoms with E-state index in [1.54, 1.807) is 6.20 Å². The summed E-state index contributed by atoms with van der Waals surface area (Å²) in [5.41, 5.74) is 1.45. The Morgan fingerprint density at radius 3 is 3.00 bits per heavy atom. The molecule has 1 unspecified atom stereocenters. The van der Waals surface area contributed by atoms with Crippen LogP contribution in [0.2, 0.25) is 0 Å². The van der Waals surface area contributed by atoms with E-state index < -0.39 is 0 Å². The maximum absolute atomic E-state index is 12.0. The molecule has 1 atom stereocenters. The first-order valence-electron chi connectivity index (χ1n) is 7.18. The summed E-state index contributed by atoms with van der Waals surface area (Å²) in [4.78, 5) is 16.2. The maximum Gasteiger partial charge on any atom is 0.269 e. The zero-order valence-corrected chi connectivity index (χ0v) is 11.8. The van der Waals surface area contributed by atoms with Gasteiger partial charge >= 0.3 is 0 Å². The quantitative estimate of drug-likeness (QED) is 0.793. The molecular formula is C15H23N3O. The molecule has 0 aliphatic heterocycles. The van der Waals surface area contributed by atoms with Gasteiger partial charge in [0.05, 0.1) is 0 Å². The highest BCUT2D eigenvalue weighted by Crippen LogP contribution is 2.36. The van der Waals surface area contributed by atoms with E-state index in [0.29, 0.717) is 11.6 Å². The first kappa shape index (κ1) is 13.8. The van der Waals surface area contributed by atoms with Crippen LogP contribution in [0.15, 0.2) is 18.3 Å². The molecule has 1 aliphatic rings.